The number of hydrogen-bond acceptors (Lipinski definition) is 3. The van der Waals surface area contributed by atoms with Gasteiger partial charge in [0.2, 0.25) is 15.9 Å². The molecule has 1 N–H and O–H groups in total. The van der Waals surface area contributed by atoms with Gasteiger partial charge >= 0.3 is 0 Å². The van der Waals surface area contributed by atoms with E-state index < -0.39 is 10.0 Å². The molecule has 1 aliphatic rings. The second-order valence-corrected chi connectivity index (χ2v) is 8.78. The Morgan fingerprint density at radius 2 is 1.83 bits per heavy atom. The third-order valence-electron chi connectivity index (χ3n) is 4.02. The third kappa shape index (κ3) is 5.92. The Kier molecular flexibility index (Phi) is 7.34. The molecule has 5 nitrogen and oxygen atoms in total. The van der Waals surface area contributed by atoms with Crippen LogP contribution in [0.15, 0.2) is 18.2 Å². The molecule has 134 valence electrons. The van der Waals surface area contributed by atoms with Gasteiger partial charge in [-0.3, -0.25) is 4.79 Å². The number of aryl methyl sites for hydroxylation is 1. The monoisotopic (exact) mass is 392 g/mol. The molecule has 0 radical (unpaired) electrons. The van der Waals surface area contributed by atoms with Crippen LogP contribution < -0.4 is 5.32 Å². The van der Waals surface area contributed by atoms with Crippen molar-refractivity contribution in [2.45, 2.75) is 32.1 Å². The molecule has 0 atom stereocenters. The Morgan fingerprint density at radius 3 is 2.50 bits per heavy atom. The summed E-state index contributed by atoms with van der Waals surface area (Å²) in [6.45, 7) is 1.32. The molecule has 0 unspecified atom stereocenters. The first-order chi connectivity index (χ1) is 11.4. The van der Waals surface area contributed by atoms with Crippen LogP contribution >= 0.6 is 23.2 Å². The molecule has 0 aromatic heterocycles. The molecular weight excluding hydrogens is 371 g/mol. The van der Waals surface area contributed by atoms with Crippen LogP contribution in [0.25, 0.3) is 0 Å². The van der Waals surface area contributed by atoms with Crippen LogP contribution in [0.2, 0.25) is 10.0 Å². The predicted molar refractivity (Wildman–Crippen MR) is 97.0 cm³/mol. The van der Waals surface area contributed by atoms with E-state index in [-0.39, 0.29) is 24.6 Å². The molecule has 0 spiro atoms. The fourth-order valence-corrected chi connectivity index (χ4v) is 4.39. The maximum atomic E-state index is 12.2. The molecule has 1 amide bonds. The molecule has 1 heterocycles. The summed E-state index contributed by atoms with van der Waals surface area (Å²) in [6, 6.07) is 5.25. The van der Waals surface area contributed by atoms with Crippen LogP contribution in [0, 0.1) is 0 Å². The van der Waals surface area contributed by atoms with E-state index in [1.807, 2.05) is 6.07 Å². The fraction of sp³-hybridized carbons (Fsp3) is 0.562. The molecule has 1 saturated heterocycles. The van der Waals surface area contributed by atoms with Crippen LogP contribution in [0.5, 0.6) is 0 Å². The van der Waals surface area contributed by atoms with Crippen molar-refractivity contribution in [2.75, 3.05) is 25.4 Å². The van der Waals surface area contributed by atoms with Gasteiger partial charge in [0.15, 0.2) is 0 Å². The Labute approximate surface area is 153 Å². The summed E-state index contributed by atoms with van der Waals surface area (Å²) in [6.07, 6.45) is 3.71. The van der Waals surface area contributed by atoms with Crippen molar-refractivity contribution in [2.24, 2.45) is 0 Å². The van der Waals surface area contributed by atoms with Crippen molar-refractivity contribution in [1.82, 2.24) is 9.62 Å². The molecule has 2 rings (SSSR count). The van der Waals surface area contributed by atoms with E-state index in [4.69, 9.17) is 23.2 Å². The maximum Gasteiger partial charge on any atom is 0.220 e. The summed E-state index contributed by atoms with van der Waals surface area (Å²) in [5, 5.41) is 3.61. The summed E-state index contributed by atoms with van der Waals surface area (Å²) in [5.41, 5.74) is 0.917. The molecule has 1 aromatic carbocycles. The van der Waals surface area contributed by atoms with Crippen molar-refractivity contribution >= 4 is 39.1 Å². The van der Waals surface area contributed by atoms with E-state index in [9.17, 15) is 13.2 Å². The van der Waals surface area contributed by atoms with Gasteiger partial charge in [-0.05, 0) is 37.0 Å². The Balaban J connectivity index is 1.71. The normalized spacial score (nSPS) is 16.1. The van der Waals surface area contributed by atoms with Crippen LogP contribution in [-0.4, -0.2) is 44.0 Å². The number of benzene rings is 1. The quantitative estimate of drug-likeness (QED) is 0.775. The van der Waals surface area contributed by atoms with Crippen LogP contribution in [0.3, 0.4) is 0 Å². The van der Waals surface area contributed by atoms with E-state index in [1.54, 1.807) is 12.1 Å². The van der Waals surface area contributed by atoms with Gasteiger partial charge < -0.3 is 5.32 Å². The number of hydrogen-bond donors (Lipinski definition) is 1. The number of carbonyl (C=O) groups excluding carboxylic acids is 1. The molecule has 1 fully saturated rings. The summed E-state index contributed by atoms with van der Waals surface area (Å²) in [7, 11) is -3.27. The fourth-order valence-electron chi connectivity index (χ4n) is 2.63. The molecule has 0 bridgehead atoms. The minimum atomic E-state index is -3.27. The molecule has 8 heteroatoms. The van der Waals surface area contributed by atoms with Gasteiger partial charge in [0.1, 0.15) is 0 Å². The molecule has 0 aliphatic carbocycles. The number of sulfonamides is 1. The second kappa shape index (κ2) is 9.04. The Bertz CT molecular complexity index is 674. The van der Waals surface area contributed by atoms with Gasteiger partial charge in [-0.15, -0.1) is 0 Å². The molecule has 1 aromatic rings. The number of amides is 1. The lowest BCUT2D eigenvalue weighted by Gasteiger charge is -2.25. The third-order valence-corrected chi connectivity index (χ3v) is 6.63. The molecule has 1 aliphatic heterocycles. The second-order valence-electron chi connectivity index (χ2n) is 5.87. The van der Waals surface area contributed by atoms with Gasteiger partial charge in [-0.25, -0.2) is 12.7 Å². The first-order valence-electron chi connectivity index (χ1n) is 8.07. The number of rotatable bonds is 7. The SMILES string of the molecule is O=C(CCc1ccc(Cl)c(Cl)c1)NCCS(=O)(=O)N1CCCCC1. The lowest BCUT2D eigenvalue weighted by Crippen LogP contribution is -2.40. The van der Waals surface area contributed by atoms with Gasteiger partial charge in [-0.2, -0.15) is 0 Å². The van der Waals surface area contributed by atoms with Crippen LogP contribution in [0.4, 0.5) is 0 Å². The summed E-state index contributed by atoms with van der Waals surface area (Å²) >= 11 is 11.8. The number of piperidine rings is 1. The van der Waals surface area contributed by atoms with Crippen molar-refractivity contribution in [1.29, 1.82) is 0 Å². The number of nitrogens with zero attached hydrogens (tertiary/aromatic N) is 1. The van der Waals surface area contributed by atoms with E-state index in [0.29, 0.717) is 29.6 Å². The first-order valence-corrected chi connectivity index (χ1v) is 10.4. The van der Waals surface area contributed by atoms with Crippen LogP contribution in [0.1, 0.15) is 31.2 Å². The minimum absolute atomic E-state index is 0.0501. The van der Waals surface area contributed by atoms with Gasteiger partial charge in [0.25, 0.3) is 0 Å². The van der Waals surface area contributed by atoms with E-state index in [2.05, 4.69) is 5.32 Å². The highest BCUT2D eigenvalue weighted by molar-refractivity contribution is 7.89. The lowest BCUT2D eigenvalue weighted by molar-refractivity contribution is -0.120. The van der Waals surface area contributed by atoms with Gasteiger partial charge in [-0.1, -0.05) is 35.7 Å². The zero-order chi connectivity index (χ0) is 17.6. The standard InChI is InChI=1S/C16H22Cl2N2O3S/c17-14-6-4-13(12-15(14)18)5-7-16(21)19-8-11-24(22,23)20-9-2-1-3-10-20/h4,6,12H,1-3,5,7-11H2,(H,19,21). The number of halogens is 2. The Morgan fingerprint density at radius 1 is 1.12 bits per heavy atom. The van der Waals surface area contributed by atoms with Crippen molar-refractivity contribution in [3.05, 3.63) is 33.8 Å². The maximum absolute atomic E-state index is 12.2. The summed E-state index contributed by atoms with van der Waals surface area (Å²) in [4.78, 5) is 11.9. The number of nitrogens with one attached hydrogen (secondary N) is 1. The van der Waals surface area contributed by atoms with Gasteiger partial charge in [0, 0.05) is 26.1 Å². The zero-order valence-corrected chi connectivity index (χ0v) is 15.8. The number of carbonyl (C=O) groups is 1. The zero-order valence-electron chi connectivity index (χ0n) is 13.4. The minimum Gasteiger partial charge on any atom is -0.355 e. The van der Waals surface area contributed by atoms with E-state index >= 15 is 0 Å². The van der Waals surface area contributed by atoms with E-state index in [1.165, 1.54) is 4.31 Å². The van der Waals surface area contributed by atoms with E-state index in [0.717, 1.165) is 24.8 Å². The topological polar surface area (TPSA) is 66.5 Å². The average Bonchev–Trinajstić information content (AvgIpc) is 2.56. The lowest BCUT2D eigenvalue weighted by atomic mass is 10.1. The van der Waals surface area contributed by atoms with Crippen molar-refractivity contribution < 1.29 is 13.2 Å². The average molecular weight is 393 g/mol. The highest BCUT2D eigenvalue weighted by Gasteiger charge is 2.23. The van der Waals surface area contributed by atoms with Crippen molar-refractivity contribution in [3.63, 3.8) is 0 Å². The van der Waals surface area contributed by atoms with Gasteiger partial charge in [0.05, 0.1) is 15.8 Å². The van der Waals surface area contributed by atoms with Crippen molar-refractivity contribution in [3.8, 4) is 0 Å². The van der Waals surface area contributed by atoms with Crippen LogP contribution in [-0.2, 0) is 21.2 Å². The predicted octanol–water partition coefficient (Wildman–Crippen LogP) is 2.86. The molecule has 24 heavy (non-hydrogen) atoms. The highest BCUT2D eigenvalue weighted by atomic mass is 35.5. The summed E-state index contributed by atoms with van der Waals surface area (Å²) < 4.78 is 25.9. The largest absolute Gasteiger partial charge is 0.355 e. The molecule has 0 saturated carbocycles. The first kappa shape index (κ1) is 19.5. The summed E-state index contributed by atoms with van der Waals surface area (Å²) in [5.74, 6) is -0.221. The Hall–Kier alpha value is -0.820. The molecular formula is C16H22Cl2N2O3S. The smallest absolute Gasteiger partial charge is 0.220 e. The highest BCUT2D eigenvalue weighted by Crippen LogP contribution is 2.23.